The fraction of sp³-hybridized carbons (Fsp3) is 0.929. The molecule has 1 saturated heterocycles. The zero-order valence-corrected chi connectivity index (χ0v) is 11.5. The fourth-order valence-corrected chi connectivity index (χ4v) is 3.26. The van der Waals surface area contributed by atoms with Gasteiger partial charge in [0, 0.05) is 19.4 Å². The normalized spacial score (nSPS) is 35.4. The molecule has 2 rings (SSSR count). The molecule has 104 valence electrons. The van der Waals surface area contributed by atoms with Gasteiger partial charge in [0.05, 0.1) is 17.6 Å². The SMILES string of the molecule is CC1CC(OC(=O)C2(CN)CCCC2)CC(C)O1. The van der Waals surface area contributed by atoms with Crippen molar-refractivity contribution >= 4 is 5.97 Å². The Balaban J connectivity index is 1.94. The average Bonchev–Trinajstić information content (AvgIpc) is 2.77. The van der Waals surface area contributed by atoms with Crippen LogP contribution < -0.4 is 5.73 Å². The summed E-state index contributed by atoms with van der Waals surface area (Å²) >= 11 is 0. The van der Waals surface area contributed by atoms with Gasteiger partial charge in [0.15, 0.2) is 0 Å². The third-order valence-electron chi connectivity index (χ3n) is 4.31. The van der Waals surface area contributed by atoms with E-state index in [9.17, 15) is 4.79 Å². The maximum Gasteiger partial charge on any atom is 0.313 e. The molecule has 4 heteroatoms. The van der Waals surface area contributed by atoms with Crippen molar-refractivity contribution < 1.29 is 14.3 Å². The Morgan fingerprint density at radius 1 is 1.28 bits per heavy atom. The minimum absolute atomic E-state index is 0.000255. The summed E-state index contributed by atoms with van der Waals surface area (Å²) in [5.41, 5.74) is 5.41. The van der Waals surface area contributed by atoms with Gasteiger partial charge in [0.1, 0.15) is 6.10 Å². The summed E-state index contributed by atoms with van der Waals surface area (Å²) < 4.78 is 11.4. The summed E-state index contributed by atoms with van der Waals surface area (Å²) in [4.78, 5) is 12.3. The molecule has 18 heavy (non-hydrogen) atoms. The number of carbonyl (C=O) groups excluding carboxylic acids is 1. The van der Waals surface area contributed by atoms with Gasteiger partial charge in [-0.2, -0.15) is 0 Å². The Morgan fingerprint density at radius 2 is 1.83 bits per heavy atom. The van der Waals surface area contributed by atoms with Gasteiger partial charge < -0.3 is 15.2 Å². The van der Waals surface area contributed by atoms with Gasteiger partial charge in [0.25, 0.3) is 0 Å². The lowest BCUT2D eigenvalue weighted by Gasteiger charge is -2.34. The Hall–Kier alpha value is -0.610. The molecule has 1 heterocycles. The predicted molar refractivity (Wildman–Crippen MR) is 69.1 cm³/mol. The van der Waals surface area contributed by atoms with E-state index in [1.807, 2.05) is 13.8 Å². The molecule has 2 unspecified atom stereocenters. The van der Waals surface area contributed by atoms with Gasteiger partial charge in [-0.3, -0.25) is 4.79 Å². The molecule has 1 aliphatic heterocycles. The van der Waals surface area contributed by atoms with Crippen LogP contribution in [0.3, 0.4) is 0 Å². The topological polar surface area (TPSA) is 61.5 Å². The van der Waals surface area contributed by atoms with Gasteiger partial charge in [-0.15, -0.1) is 0 Å². The van der Waals surface area contributed by atoms with E-state index >= 15 is 0 Å². The Morgan fingerprint density at radius 3 is 2.33 bits per heavy atom. The van der Waals surface area contributed by atoms with Gasteiger partial charge in [-0.1, -0.05) is 12.8 Å². The first-order valence-electron chi connectivity index (χ1n) is 7.12. The van der Waals surface area contributed by atoms with Crippen LogP contribution in [0.5, 0.6) is 0 Å². The standard InChI is InChI=1S/C14H25NO3/c1-10-7-12(8-11(2)17-10)18-13(16)14(9-15)5-3-4-6-14/h10-12H,3-9,15H2,1-2H3. The van der Waals surface area contributed by atoms with Crippen molar-refractivity contribution in [2.75, 3.05) is 6.54 Å². The van der Waals surface area contributed by atoms with Crippen LogP contribution in [0.15, 0.2) is 0 Å². The minimum atomic E-state index is -0.398. The van der Waals surface area contributed by atoms with E-state index in [0.29, 0.717) is 6.54 Å². The maximum absolute atomic E-state index is 12.3. The molecule has 2 atom stereocenters. The molecule has 0 radical (unpaired) electrons. The second-order valence-electron chi connectivity index (χ2n) is 5.95. The van der Waals surface area contributed by atoms with E-state index in [4.69, 9.17) is 15.2 Å². The summed E-state index contributed by atoms with van der Waals surface area (Å²) in [5, 5.41) is 0. The number of hydrogen-bond acceptors (Lipinski definition) is 4. The van der Waals surface area contributed by atoms with Crippen molar-refractivity contribution in [3.05, 3.63) is 0 Å². The average molecular weight is 255 g/mol. The van der Waals surface area contributed by atoms with Crippen molar-refractivity contribution in [3.63, 3.8) is 0 Å². The molecule has 0 aromatic carbocycles. The highest BCUT2D eigenvalue weighted by Gasteiger charge is 2.42. The molecule has 1 aliphatic carbocycles. The van der Waals surface area contributed by atoms with Crippen molar-refractivity contribution in [1.82, 2.24) is 0 Å². The van der Waals surface area contributed by atoms with Gasteiger partial charge in [0.2, 0.25) is 0 Å². The summed E-state index contributed by atoms with van der Waals surface area (Å²) in [6, 6.07) is 0. The minimum Gasteiger partial charge on any atom is -0.462 e. The fourth-order valence-electron chi connectivity index (χ4n) is 3.26. The molecular weight excluding hydrogens is 230 g/mol. The maximum atomic E-state index is 12.3. The van der Waals surface area contributed by atoms with Crippen LogP contribution in [0.1, 0.15) is 52.4 Å². The monoisotopic (exact) mass is 255 g/mol. The summed E-state index contributed by atoms with van der Waals surface area (Å²) in [5.74, 6) is -0.0752. The summed E-state index contributed by atoms with van der Waals surface area (Å²) in [6.45, 7) is 4.48. The second-order valence-corrected chi connectivity index (χ2v) is 5.95. The van der Waals surface area contributed by atoms with E-state index < -0.39 is 5.41 Å². The van der Waals surface area contributed by atoms with Crippen LogP contribution in [0, 0.1) is 5.41 Å². The van der Waals surface area contributed by atoms with Crippen LogP contribution in [0.2, 0.25) is 0 Å². The van der Waals surface area contributed by atoms with E-state index in [1.54, 1.807) is 0 Å². The molecular formula is C14H25NO3. The van der Waals surface area contributed by atoms with Gasteiger partial charge in [-0.05, 0) is 26.7 Å². The summed E-state index contributed by atoms with van der Waals surface area (Å²) in [7, 11) is 0. The van der Waals surface area contributed by atoms with Crippen molar-refractivity contribution in [2.45, 2.75) is 70.7 Å². The first-order valence-corrected chi connectivity index (χ1v) is 7.12. The Bertz CT molecular complexity index is 289. The molecule has 2 N–H and O–H groups in total. The van der Waals surface area contributed by atoms with Crippen molar-refractivity contribution in [1.29, 1.82) is 0 Å². The zero-order chi connectivity index (χ0) is 13.2. The number of nitrogens with two attached hydrogens (primary N) is 1. The molecule has 2 fully saturated rings. The molecule has 2 aliphatic rings. The first-order chi connectivity index (χ1) is 8.55. The van der Waals surface area contributed by atoms with Gasteiger partial charge >= 0.3 is 5.97 Å². The van der Waals surface area contributed by atoms with Crippen molar-refractivity contribution in [2.24, 2.45) is 11.1 Å². The molecule has 1 saturated carbocycles. The van der Waals surface area contributed by atoms with Crippen LogP contribution in [-0.2, 0) is 14.3 Å². The summed E-state index contributed by atoms with van der Waals surface area (Å²) in [6.07, 6.45) is 5.90. The largest absolute Gasteiger partial charge is 0.462 e. The second kappa shape index (κ2) is 5.57. The van der Waals surface area contributed by atoms with Crippen molar-refractivity contribution in [3.8, 4) is 0 Å². The molecule has 4 nitrogen and oxygen atoms in total. The lowest BCUT2D eigenvalue weighted by molar-refractivity contribution is -0.170. The first kappa shape index (κ1) is 13.8. The zero-order valence-electron chi connectivity index (χ0n) is 11.5. The number of ether oxygens (including phenoxy) is 2. The molecule has 0 amide bonds. The molecule has 0 spiro atoms. The third-order valence-corrected chi connectivity index (χ3v) is 4.31. The third kappa shape index (κ3) is 2.86. The molecule has 0 bridgehead atoms. The Labute approximate surface area is 109 Å². The highest BCUT2D eigenvalue weighted by molar-refractivity contribution is 5.77. The van der Waals surface area contributed by atoms with E-state index in [1.165, 1.54) is 0 Å². The molecule has 0 aromatic rings. The predicted octanol–water partition coefficient (Wildman–Crippen LogP) is 2.00. The number of esters is 1. The van der Waals surface area contributed by atoms with Crippen LogP contribution >= 0.6 is 0 Å². The molecule has 0 aromatic heterocycles. The Kier molecular flexibility index (Phi) is 4.28. The smallest absolute Gasteiger partial charge is 0.313 e. The lowest BCUT2D eigenvalue weighted by Crippen LogP contribution is -2.42. The highest BCUT2D eigenvalue weighted by atomic mass is 16.6. The number of rotatable bonds is 3. The number of carbonyl (C=O) groups is 1. The van der Waals surface area contributed by atoms with E-state index in [0.717, 1.165) is 38.5 Å². The van der Waals surface area contributed by atoms with Crippen LogP contribution in [-0.4, -0.2) is 30.8 Å². The number of hydrogen-bond donors (Lipinski definition) is 1. The van der Waals surface area contributed by atoms with Gasteiger partial charge in [-0.25, -0.2) is 0 Å². The highest BCUT2D eigenvalue weighted by Crippen LogP contribution is 2.39. The lowest BCUT2D eigenvalue weighted by atomic mass is 9.86. The quantitative estimate of drug-likeness (QED) is 0.784. The van der Waals surface area contributed by atoms with E-state index in [2.05, 4.69) is 0 Å². The van der Waals surface area contributed by atoms with Crippen LogP contribution in [0.25, 0.3) is 0 Å². The van der Waals surface area contributed by atoms with Crippen LogP contribution in [0.4, 0.5) is 0 Å². The van der Waals surface area contributed by atoms with E-state index in [-0.39, 0.29) is 24.3 Å².